The molecule has 1 saturated heterocycles. The smallest absolute Gasteiger partial charge is 0.266 e. The number of thiocarbonyl (C=S) groups is 1. The van der Waals surface area contributed by atoms with Gasteiger partial charge in [0.2, 0.25) is 5.91 Å². The Morgan fingerprint density at radius 1 is 1.48 bits per heavy atom. The molecule has 0 bridgehead atoms. The van der Waals surface area contributed by atoms with Crippen molar-refractivity contribution in [1.82, 2.24) is 9.88 Å². The highest BCUT2D eigenvalue weighted by Gasteiger charge is 2.38. The molecule has 1 aliphatic heterocycles. The van der Waals surface area contributed by atoms with Crippen LogP contribution in [0.5, 0.6) is 0 Å². The van der Waals surface area contributed by atoms with E-state index in [1.165, 1.54) is 28.0 Å². The Bertz CT molecular complexity index is 867. The van der Waals surface area contributed by atoms with Crippen LogP contribution in [-0.4, -0.2) is 32.1 Å². The standard InChI is InChI=1S/C16H12BrN3O2S3/c1-9(13(21)19-15-18-5-6-24-15)20-14(22)12(25-16(20)23)8-10-3-2-4-11(17)7-10/h2-9H,1H3,(H,18,19,21)/b12-8-. The van der Waals surface area contributed by atoms with Gasteiger partial charge < -0.3 is 5.32 Å². The van der Waals surface area contributed by atoms with Crippen molar-refractivity contribution in [1.29, 1.82) is 0 Å². The van der Waals surface area contributed by atoms with Crippen molar-refractivity contribution in [3.05, 3.63) is 50.8 Å². The molecule has 1 atom stereocenters. The Morgan fingerprint density at radius 3 is 2.96 bits per heavy atom. The molecular weight excluding hydrogens is 442 g/mol. The molecule has 0 saturated carbocycles. The van der Waals surface area contributed by atoms with E-state index in [9.17, 15) is 9.59 Å². The fourth-order valence-electron chi connectivity index (χ4n) is 2.17. The van der Waals surface area contributed by atoms with Crippen molar-refractivity contribution >= 4 is 78.6 Å². The fourth-order valence-corrected chi connectivity index (χ4v) is 4.54. The van der Waals surface area contributed by atoms with Gasteiger partial charge in [0.1, 0.15) is 10.4 Å². The highest BCUT2D eigenvalue weighted by molar-refractivity contribution is 9.10. The molecule has 0 radical (unpaired) electrons. The molecule has 1 N–H and O–H groups in total. The third-order valence-electron chi connectivity index (χ3n) is 3.40. The largest absolute Gasteiger partial charge is 0.300 e. The average molecular weight is 454 g/mol. The molecule has 128 valence electrons. The minimum atomic E-state index is -0.718. The van der Waals surface area contributed by atoms with Gasteiger partial charge in [-0.05, 0) is 30.7 Å². The Labute approximate surface area is 166 Å². The van der Waals surface area contributed by atoms with E-state index in [-0.39, 0.29) is 11.8 Å². The van der Waals surface area contributed by atoms with Crippen molar-refractivity contribution < 1.29 is 9.59 Å². The molecule has 0 aliphatic carbocycles. The van der Waals surface area contributed by atoms with Gasteiger partial charge in [-0.25, -0.2) is 4.98 Å². The Kier molecular flexibility index (Phi) is 5.67. The third kappa shape index (κ3) is 4.17. The summed E-state index contributed by atoms with van der Waals surface area (Å²) in [6.07, 6.45) is 3.38. The second kappa shape index (κ2) is 7.77. The molecule has 1 aliphatic rings. The highest BCUT2D eigenvalue weighted by atomic mass is 79.9. The van der Waals surface area contributed by atoms with Crippen LogP contribution in [0.2, 0.25) is 0 Å². The summed E-state index contributed by atoms with van der Waals surface area (Å²) in [5, 5.41) is 4.95. The highest BCUT2D eigenvalue weighted by Crippen LogP contribution is 2.34. The summed E-state index contributed by atoms with van der Waals surface area (Å²) < 4.78 is 1.29. The number of carbonyl (C=O) groups excluding carboxylic acids is 2. The van der Waals surface area contributed by atoms with Gasteiger partial charge in [0.05, 0.1) is 4.91 Å². The van der Waals surface area contributed by atoms with E-state index in [0.717, 1.165) is 10.0 Å². The number of halogens is 1. The summed E-state index contributed by atoms with van der Waals surface area (Å²) in [6.45, 7) is 1.65. The number of nitrogens with one attached hydrogen (secondary N) is 1. The molecule has 0 spiro atoms. The Hall–Kier alpha value is -1.55. The predicted octanol–water partition coefficient (Wildman–Crippen LogP) is 4.13. The second-order valence-electron chi connectivity index (χ2n) is 5.11. The SMILES string of the molecule is CC(C(=O)Nc1nccs1)N1C(=O)/C(=C/c2cccc(Br)c2)SC1=S. The molecular formula is C16H12BrN3O2S3. The number of thioether (sulfide) groups is 1. The monoisotopic (exact) mass is 453 g/mol. The summed E-state index contributed by atoms with van der Waals surface area (Å²) in [6, 6.07) is 6.89. The first-order valence-corrected chi connectivity index (χ1v) is 10.1. The molecule has 5 nitrogen and oxygen atoms in total. The molecule has 2 aromatic rings. The summed E-state index contributed by atoms with van der Waals surface area (Å²) in [5.41, 5.74) is 0.884. The quantitative estimate of drug-likeness (QED) is 0.556. The van der Waals surface area contributed by atoms with E-state index in [1.54, 1.807) is 24.6 Å². The van der Waals surface area contributed by atoms with Crippen LogP contribution in [0.15, 0.2) is 45.2 Å². The van der Waals surface area contributed by atoms with Crippen molar-refractivity contribution in [2.45, 2.75) is 13.0 Å². The predicted molar refractivity (Wildman–Crippen MR) is 109 cm³/mol. The lowest BCUT2D eigenvalue weighted by Gasteiger charge is -2.21. The number of rotatable bonds is 4. The van der Waals surface area contributed by atoms with Crippen molar-refractivity contribution in [2.75, 3.05) is 5.32 Å². The van der Waals surface area contributed by atoms with Crippen LogP contribution in [0, 0.1) is 0 Å². The van der Waals surface area contributed by atoms with Crippen molar-refractivity contribution in [3.8, 4) is 0 Å². The van der Waals surface area contributed by atoms with Crippen LogP contribution in [-0.2, 0) is 9.59 Å². The van der Waals surface area contributed by atoms with Crippen LogP contribution in [0.3, 0.4) is 0 Å². The first kappa shape index (κ1) is 18.2. The normalized spacial score (nSPS) is 17.2. The lowest BCUT2D eigenvalue weighted by molar-refractivity contribution is -0.129. The van der Waals surface area contributed by atoms with Gasteiger partial charge in [0, 0.05) is 16.0 Å². The van der Waals surface area contributed by atoms with Crippen LogP contribution >= 0.6 is 51.2 Å². The van der Waals surface area contributed by atoms with Crippen molar-refractivity contribution in [3.63, 3.8) is 0 Å². The number of anilines is 1. The van der Waals surface area contributed by atoms with Gasteiger partial charge in [0.25, 0.3) is 5.91 Å². The summed E-state index contributed by atoms with van der Waals surface area (Å²) >= 11 is 11.2. The van der Waals surface area contributed by atoms with Crippen LogP contribution in [0.4, 0.5) is 5.13 Å². The molecule has 1 unspecified atom stereocenters. The Balaban J connectivity index is 1.77. The fraction of sp³-hybridized carbons (Fsp3) is 0.125. The summed E-state index contributed by atoms with van der Waals surface area (Å²) in [4.78, 5) is 30.9. The maximum atomic E-state index is 12.7. The Morgan fingerprint density at radius 2 is 2.28 bits per heavy atom. The molecule has 1 fully saturated rings. The molecule has 1 aromatic carbocycles. The maximum absolute atomic E-state index is 12.7. The van der Waals surface area contributed by atoms with E-state index in [1.807, 2.05) is 24.3 Å². The molecule has 2 amide bonds. The molecule has 9 heteroatoms. The lowest BCUT2D eigenvalue weighted by atomic mass is 10.2. The third-order valence-corrected chi connectivity index (χ3v) is 5.91. The number of hydrogen-bond donors (Lipinski definition) is 1. The van der Waals surface area contributed by atoms with Gasteiger partial charge in [-0.15, -0.1) is 11.3 Å². The number of nitrogens with zero attached hydrogens (tertiary/aromatic N) is 2. The molecule has 2 heterocycles. The van der Waals surface area contributed by atoms with Crippen LogP contribution < -0.4 is 5.32 Å². The zero-order valence-corrected chi connectivity index (χ0v) is 17.0. The number of aromatic nitrogens is 1. The van der Waals surface area contributed by atoms with E-state index < -0.39 is 6.04 Å². The molecule has 3 rings (SSSR count). The first-order chi connectivity index (χ1) is 12.0. The van der Waals surface area contributed by atoms with Crippen LogP contribution in [0.25, 0.3) is 6.08 Å². The maximum Gasteiger partial charge on any atom is 0.266 e. The topological polar surface area (TPSA) is 62.3 Å². The van der Waals surface area contributed by atoms with Gasteiger partial charge >= 0.3 is 0 Å². The minimum Gasteiger partial charge on any atom is -0.300 e. The van der Waals surface area contributed by atoms with Gasteiger partial charge in [0.15, 0.2) is 5.13 Å². The number of carbonyl (C=O) groups is 2. The van der Waals surface area contributed by atoms with Gasteiger partial charge in [-0.1, -0.05) is 52.0 Å². The van der Waals surface area contributed by atoms with E-state index >= 15 is 0 Å². The van der Waals surface area contributed by atoms with Crippen molar-refractivity contribution in [2.24, 2.45) is 0 Å². The van der Waals surface area contributed by atoms with Crippen LogP contribution in [0.1, 0.15) is 12.5 Å². The van der Waals surface area contributed by atoms with E-state index in [2.05, 4.69) is 26.2 Å². The molecule has 1 aromatic heterocycles. The molecule has 25 heavy (non-hydrogen) atoms. The first-order valence-electron chi connectivity index (χ1n) is 7.18. The number of amides is 2. The number of thiazole rings is 1. The van der Waals surface area contributed by atoms with Gasteiger partial charge in [-0.2, -0.15) is 0 Å². The minimum absolute atomic E-state index is 0.267. The number of hydrogen-bond acceptors (Lipinski definition) is 6. The van der Waals surface area contributed by atoms with E-state index in [0.29, 0.717) is 14.4 Å². The zero-order chi connectivity index (χ0) is 18.0. The second-order valence-corrected chi connectivity index (χ2v) is 8.60. The van der Waals surface area contributed by atoms with E-state index in [4.69, 9.17) is 12.2 Å². The number of benzene rings is 1. The van der Waals surface area contributed by atoms with Gasteiger partial charge in [-0.3, -0.25) is 14.5 Å². The lowest BCUT2D eigenvalue weighted by Crippen LogP contribution is -2.44. The zero-order valence-electron chi connectivity index (χ0n) is 12.9. The average Bonchev–Trinajstić information content (AvgIpc) is 3.15. The summed E-state index contributed by atoms with van der Waals surface area (Å²) in [5.74, 6) is -0.591. The summed E-state index contributed by atoms with van der Waals surface area (Å²) in [7, 11) is 0.